The Balaban J connectivity index is 2.06. The second-order valence-corrected chi connectivity index (χ2v) is 10.6. The van der Waals surface area contributed by atoms with E-state index < -0.39 is 28.5 Å². The largest absolute Gasteiger partial charge is 0.496 e. The Morgan fingerprint density at radius 2 is 1.82 bits per heavy atom. The van der Waals surface area contributed by atoms with Gasteiger partial charge in [-0.3, -0.25) is 4.79 Å². The third kappa shape index (κ3) is 3.89. The minimum Gasteiger partial charge on any atom is -0.496 e. The average Bonchev–Trinajstić information content (AvgIpc) is 2.82. The summed E-state index contributed by atoms with van der Waals surface area (Å²) in [5.41, 5.74) is -0.304. The molecule has 34 heavy (non-hydrogen) atoms. The fraction of sp³-hybridized carbons (Fsp3) is 0.444. The number of fused-ring (bicyclic) bond motifs is 3. The van der Waals surface area contributed by atoms with Gasteiger partial charge in [0.2, 0.25) is 0 Å². The van der Waals surface area contributed by atoms with Gasteiger partial charge in [0, 0.05) is 22.3 Å². The zero-order chi connectivity index (χ0) is 24.7. The molecule has 6 nitrogen and oxygen atoms in total. The predicted octanol–water partition coefficient (Wildman–Crippen LogP) is 4.00. The number of allylic oxidation sites excluding steroid dienone is 1. The first kappa shape index (κ1) is 24.9. The van der Waals surface area contributed by atoms with Crippen LogP contribution in [0.4, 0.5) is 0 Å². The molecule has 182 valence electrons. The quantitative estimate of drug-likeness (QED) is 0.570. The van der Waals surface area contributed by atoms with Crippen LogP contribution in [0.15, 0.2) is 64.6 Å². The van der Waals surface area contributed by atoms with Gasteiger partial charge >= 0.3 is 0 Å². The molecule has 3 N–H and O–H groups in total. The SMILES string of the molecule is COc1cccc2c1[C@H](O)[C@]1(O)CC(=O)C(C)=C([C@@H](Sc3ccccc3)[C@@H]2OCCO)C1(C)C. The Kier molecular flexibility index (Phi) is 6.95. The maximum Gasteiger partial charge on any atom is 0.161 e. The molecule has 7 heteroatoms. The van der Waals surface area contributed by atoms with Crippen LogP contribution in [0.1, 0.15) is 50.5 Å². The minimum atomic E-state index is -1.75. The summed E-state index contributed by atoms with van der Waals surface area (Å²) in [4.78, 5) is 14.2. The van der Waals surface area contributed by atoms with E-state index in [4.69, 9.17) is 9.47 Å². The fourth-order valence-electron chi connectivity index (χ4n) is 5.41. The summed E-state index contributed by atoms with van der Waals surface area (Å²) < 4.78 is 11.9. The summed E-state index contributed by atoms with van der Waals surface area (Å²) in [5.74, 6) is 0.214. The highest BCUT2D eigenvalue weighted by atomic mass is 32.2. The summed E-state index contributed by atoms with van der Waals surface area (Å²) in [7, 11) is 1.51. The summed E-state index contributed by atoms with van der Waals surface area (Å²) >= 11 is 1.55. The van der Waals surface area contributed by atoms with E-state index in [1.54, 1.807) is 24.8 Å². The van der Waals surface area contributed by atoms with Gasteiger partial charge in [0.05, 0.1) is 31.7 Å². The molecule has 4 atom stereocenters. The van der Waals surface area contributed by atoms with Crippen molar-refractivity contribution in [1.82, 2.24) is 0 Å². The van der Waals surface area contributed by atoms with E-state index in [0.717, 1.165) is 10.5 Å². The molecule has 2 aromatic carbocycles. The van der Waals surface area contributed by atoms with Gasteiger partial charge in [0.1, 0.15) is 17.5 Å². The molecule has 0 aromatic heterocycles. The van der Waals surface area contributed by atoms with E-state index in [2.05, 4.69) is 0 Å². The summed E-state index contributed by atoms with van der Waals surface area (Å²) in [6.45, 7) is 5.45. The lowest BCUT2D eigenvalue weighted by molar-refractivity contribution is -0.162. The molecule has 2 aliphatic rings. The number of benzene rings is 2. The van der Waals surface area contributed by atoms with Crippen LogP contribution in [0.2, 0.25) is 0 Å². The third-order valence-corrected chi connectivity index (χ3v) is 8.60. The third-order valence-electron chi connectivity index (χ3n) is 7.31. The topological polar surface area (TPSA) is 96.2 Å². The standard InChI is InChI=1S/C27H32O6S/c1-16-19(29)15-27(31)25(30)21-18(11-8-12-20(21)32-4)23(33-14-13-28)24(22(16)26(27,2)3)34-17-9-6-5-7-10-17/h5-12,23-25,28,30-31H,13-15H2,1-4H3/t23-,24-,25+,27-/m1/s1. The van der Waals surface area contributed by atoms with Crippen LogP contribution in [0, 0.1) is 5.41 Å². The first-order chi connectivity index (χ1) is 16.2. The van der Waals surface area contributed by atoms with Gasteiger partial charge in [-0.1, -0.05) is 44.2 Å². The summed E-state index contributed by atoms with van der Waals surface area (Å²) in [5, 5.41) is 32.9. The normalized spacial score (nSPS) is 28.2. The summed E-state index contributed by atoms with van der Waals surface area (Å²) in [6, 6.07) is 15.2. The van der Waals surface area contributed by atoms with Crippen LogP contribution >= 0.6 is 11.8 Å². The van der Waals surface area contributed by atoms with E-state index in [1.165, 1.54) is 7.11 Å². The van der Waals surface area contributed by atoms with Crippen LogP contribution in [0.3, 0.4) is 0 Å². The van der Waals surface area contributed by atoms with E-state index in [0.29, 0.717) is 22.4 Å². The maximum absolute atomic E-state index is 13.2. The van der Waals surface area contributed by atoms with E-state index in [9.17, 15) is 20.1 Å². The molecule has 0 fully saturated rings. The average molecular weight is 485 g/mol. The number of aliphatic hydroxyl groups excluding tert-OH is 2. The van der Waals surface area contributed by atoms with Crippen LogP contribution < -0.4 is 4.74 Å². The van der Waals surface area contributed by atoms with Gasteiger partial charge in [0.25, 0.3) is 0 Å². The van der Waals surface area contributed by atoms with Crippen molar-refractivity contribution in [3.8, 4) is 5.75 Å². The van der Waals surface area contributed by atoms with E-state index in [1.807, 2.05) is 56.3 Å². The highest BCUT2D eigenvalue weighted by molar-refractivity contribution is 8.00. The predicted molar refractivity (Wildman–Crippen MR) is 131 cm³/mol. The minimum absolute atomic E-state index is 0.0776. The molecule has 0 heterocycles. The molecule has 2 aromatic rings. The van der Waals surface area contributed by atoms with Gasteiger partial charge in [0.15, 0.2) is 5.78 Å². The number of carbonyl (C=O) groups is 1. The molecule has 0 radical (unpaired) electrons. The Bertz CT molecular complexity index is 1100. The molecule has 2 aliphatic carbocycles. The molecule has 0 saturated heterocycles. The first-order valence-corrected chi connectivity index (χ1v) is 12.3. The van der Waals surface area contributed by atoms with Crippen molar-refractivity contribution >= 4 is 17.5 Å². The van der Waals surface area contributed by atoms with Crippen molar-refractivity contribution in [3.63, 3.8) is 0 Å². The zero-order valence-electron chi connectivity index (χ0n) is 19.9. The molecule has 4 rings (SSSR count). The zero-order valence-corrected chi connectivity index (χ0v) is 20.8. The number of hydrogen-bond acceptors (Lipinski definition) is 7. The van der Waals surface area contributed by atoms with Gasteiger partial charge in [-0.15, -0.1) is 11.8 Å². The van der Waals surface area contributed by atoms with Crippen molar-refractivity contribution in [2.45, 2.75) is 55.1 Å². The maximum atomic E-state index is 13.2. The number of thioether (sulfide) groups is 1. The number of methoxy groups -OCH3 is 1. The molecular weight excluding hydrogens is 452 g/mol. The van der Waals surface area contributed by atoms with Gasteiger partial charge < -0.3 is 24.8 Å². The van der Waals surface area contributed by atoms with E-state index >= 15 is 0 Å². The lowest BCUT2D eigenvalue weighted by Crippen LogP contribution is -2.58. The number of aliphatic hydroxyl groups is 3. The molecule has 0 unspecified atom stereocenters. The van der Waals surface area contributed by atoms with Crippen LogP contribution in [-0.4, -0.2) is 52.3 Å². The van der Waals surface area contributed by atoms with Crippen LogP contribution in [0.5, 0.6) is 5.75 Å². The number of hydrogen-bond donors (Lipinski definition) is 3. The molecule has 0 spiro atoms. The fourth-order valence-corrected chi connectivity index (χ4v) is 6.96. The molecule has 2 bridgehead atoms. The second kappa shape index (κ2) is 9.47. The van der Waals surface area contributed by atoms with Crippen LogP contribution in [0.25, 0.3) is 0 Å². The Hall–Kier alpha value is -2.16. The molecular formula is C27H32O6S. The van der Waals surface area contributed by atoms with Crippen molar-refractivity contribution in [3.05, 3.63) is 70.8 Å². The van der Waals surface area contributed by atoms with Crippen LogP contribution in [-0.2, 0) is 9.53 Å². The Labute approximate surface area is 204 Å². The Morgan fingerprint density at radius 1 is 1.12 bits per heavy atom. The summed E-state index contributed by atoms with van der Waals surface area (Å²) in [6.07, 6.45) is -2.20. The number of Topliss-reactive ketones (excluding diaryl/α,β-unsaturated/α-hetero) is 1. The van der Waals surface area contributed by atoms with Gasteiger partial charge in [-0.05, 0) is 41.8 Å². The highest BCUT2D eigenvalue weighted by Gasteiger charge is 2.60. The molecule has 0 saturated carbocycles. The first-order valence-electron chi connectivity index (χ1n) is 11.4. The smallest absolute Gasteiger partial charge is 0.161 e. The monoisotopic (exact) mass is 484 g/mol. The number of carbonyl (C=O) groups excluding carboxylic acids is 1. The van der Waals surface area contributed by atoms with Crippen molar-refractivity contribution in [2.75, 3.05) is 20.3 Å². The number of ketones is 1. The van der Waals surface area contributed by atoms with Gasteiger partial charge in [-0.25, -0.2) is 0 Å². The Morgan fingerprint density at radius 3 is 2.47 bits per heavy atom. The van der Waals surface area contributed by atoms with Gasteiger partial charge in [-0.2, -0.15) is 0 Å². The lowest BCUT2D eigenvalue weighted by atomic mass is 9.56. The second-order valence-electron chi connectivity index (χ2n) is 9.42. The molecule has 0 amide bonds. The van der Waals surface area contributed by atoms with Crippen molar-refractivity contribution < 1.29 is 29.6 Å². The van der Waals surface area contributed by atoms with Crippen molar-refractivity contribution in [2.24, 2.45) is 5.41 Å². The molecule has 0 aliphatic heterocycles. The number of rotatable bonds is 6. The lowest BCUT2D eigenvalue weighted by Gasteiger charge is -2.54. The highest BCUT2D eigenvalue weighted by Crippen LogP contribution is 2.60. The van der Waals surface area contributed by atoms with Crippen molar-refractivity contribution in [1.29, 1.82) is 0 Å². The number of ether oxygens (including phenoxy) is 2. The van der Waals surface area contributed by atoms with E-state index in [-0.39, 0.29) is 25.4 Å².